The van der Waals surface area contributed by atoms with E-state index in [9.17, 15) is 5.11 Å². The molecule has 3 heterocycles. The molecule has 5 rings (SSSR count). The van der Waals surface area contributed by atoms with Crippen molar-refractivity contribution in [3.05, 3.63) is 48.0 Å². The maximum atomic E-state index is 10.5. The molecule has 0 bridgehead atoms. The third kappa shape index (κ3) is 5.12. The molecule has 31 heavy (non-hydrogen) atoms. The Balaban J connectivity index is 1.13. The number of nitrogens with zero attached hydrogens (tertiary/aromatic N) is 2. The molecule has 2 saturated heterocycles. The SMILES string of the molecule is OC(COc1ccc2ccc(C3=CCOCC3)cc2c1)CN1CC(N2CCCCC2)C1. The Bertz CT molecular complexity index is 916. The Morgan fingerprint density at radius 1 is 1.03 bits per heavy atom. The zero-order chi connectivity index (χ0) is 21.0. The number of hydrogen-bond acceptors (Lipinski definition) is 5. The summed E-state index contributed by atoms with van der Waals surface area (Å²) in [6, 6.07) is 13.5. The van der Waals surface area contributed by atoms with Crippen LogP contribution in [-0.2, 0) is 4.74 Å². The van der Waals surface area contributed by atoms with E-state index in [1.807, 2.05) is 6.07 Å². The van der Waals surface area contributed by atoms with Gasteiger partial charge in [-0.3, -0.25) is 9.80 Å². The molecule has 2 fully saturated rings. The summed E-state index contributed by atoms with van der Waals surface area (Å²) in [5.74, 6) is 0.819. The van der Waals surface area contributed by atoms with Crippen molar-refractivity contribution in [1.29, 1.82) is 0 Å². The van der Waals surface area contributed by atoms with E-state index >= 15 is 0 Å². The Labute approximate surface area is 185 Å². The molecule has 0 spiro atoms. The molecule has 3 aliphatic heterocycles. The van der Waals surface area contributed by atoms with E-state index < -0.39 is 6.10 Å². The number of aliphatic hydroxyl groups excluding tert-OH is 1. The van der Waals surface area contributed by atoms with Crippen molar-refractivity contribution < 1.29 is 14.6 Å². The van der Waals surface area contributed by atoms with Gasteiger partial charge in [0.25, 0.3) is 0 Å². The maximum absolute atomic E-state index is 10.5. The molecular formula is C26H34N2O3. The molecule has 2 aromatic carbocycles. The molecule has 5 nitrogen and oxygen atoms in total. The molecular weight excluding hydrogens is 388 g/mol. The molecule has 0 saturated carbocycles. The fourth-order valence-electron chi connectivity index (χ4n) is 5.05. The number of β-amino-alcohol motifs (C(OH)–C–C–N with tert-alkyl or cyclic N) is 1. The fourth-order valence-corrected chi connectivity index (χ4v) is 5.05. The first kappa shape index (κ1) is 21.0. The smallest absolute Gasteiger partial charge is 0.120 e. The van der Waals surface area contributed by atoms with Gasteiger partial charge in [-0.1, -0.05) is 30.7 Å². The molecule has 1 N–H and O–H groups in total. The van der Waals surface area contributed by atoms with Crippen molar-refractivity contribution in [1.82, 2.24) is 9.80 Å². The van der Waals surface area contributed by atoms with Crippen molar-refractivity contribution in [2.45, 2.75) is 37.8 Å². The summed E-state index contributed by atoms with van der Waals surface area (Å²) in [6.45, 7) is 7.17. The topological polar surface area (TPSA) is 45.2 Å². The third-order valence-corrected chi connectivity index (χ3v) is 6.90. The van der Waals surface area contributed by atoms with Crippen LogP contribution in [0.3, 0.4) is 0 Å². The molecule has 0 amide bonds. The van der Waals surface area contributed by atoms with Gasteiger partial charge in [-0.2, -0.15) is 0 Å². The van der Waals surface area contributed by atoms with Crippen LogP contribution in [-0.4, -0.2) is 79.6 Å². The average molecular weight is 423 g/mol. The van der Waals surface area contributed by atoms with Gasteiger partial charge in [0.15, 0.2) is 0 Å². The number of likely N-dealkylation sites (tertiary alicyclic amines) is 2. The van der Waals surface area contributed by atoms with E-state index in [4.69, 9.17) is 9.47 Å². The Kier molecular flexibility index (Phi) is 6.55. The van der Waals surface area contributed by atoms with Gasteiger partial charge < -0.3 is 14.6 Å². The molecule has 0 aromatic heterocycles. The highest BCUT2D eigenvalue weighted by Gasteiger charge is 2.33. The third-order valence-electron chi connectivity index (χ3n) is 6.90. The number of ether oxygens (including phenoxy) is 2. The van der Waals surface area contributed by atoms with Gasteiger partial charge in [-0.05, 0) is 72.5 Å². The van der Waals surface area contributed by atoms with Crippen LogP contribution in [0.5, 0.6) is 5.75 Å². The normalized spacial score (nSPS) is 22.2. The number of fused-ring (bicyclic) bond motifs is 1. The second-order valence-electron chi connectivity index (χ2n) is 9.21. The lowest BCUT2D eigenvalue weighted by molar-refractivity contribution is -0.0126. The van der Waals surface area contributed by atoms with E-state index in [1.165, 1.54) is 54.3 Å². The zero-order valence-corrected chi connectivity index (χ0v) is 18.3. The first-order chi connectivity index (χ1) is 15.2. The predicted octanol–water partition coefficient (Wildman–Crippen LogP) is 3.55. The standard InChI is InChI=1S/C26H34N2O3/c29-25(18-27-16-24(17-27)28-10-2-1-3-11-28)19-31-26-7-6-20-4-5-22(14-23(20)15-26)21-8-12-30-13-9-21/h4-8,14-15,24-25,29H,1-3,9-13,16-19H2. The summed E-state index contributed by atoms with van der Waals surface area (Å²) >= 11 is 0. The van der Waals surface area contributed by atoms with Crippen molar-refractivity contribution >= 4 is 16.3 Å². The quantitative estimate of drug-likeness (QED) is 0.739. The predicted molar refractivity (Wildman–Crippen MR) is 125 cm³/mol. The van der Waals surface area contributed by atoms with Gasteiger partial charge in [-0.15, -0.1) is 0 Å². The highest BCUT2D eigenvalue weighted by atomic mass is 16.5. The summed E-state index contributed by atoms with van der Waals surface area (Å²) in [6.07, 6.45) is 6.73. The van der Waals surface area contributed by atoms with Gasteiger partial charge in [0, 0.05) is 25.7 Å². The molecule has 166 valence electrons. The van der Waals surface area contributed by atoms with Crippen molar-refractivity contribution in [2.75, 3.05) is 52.5 Å². The number of benzene rings is 2. The minimum atomic E-state index is -0.461. The largest absolute Gasteiger partial charge is 0.491 e. The summed E-state index contributed by atoms with van der Waals surface area (Å²) in [5, 5.41) is 12.8. The van der Waals surface area contributed by atoms with Crippen LogP contribution in [0.15, 0.2) is 42.5 Å². The number of piperidine rings is 1. The van der Waals surface area contributed by atoms with Crippen LogP contribution in [0.2, 0.25) is 0 Å². The summed E-state index contributed by atoms with van der Waals surface area (Å²) in [7, 11) is 0. The van der Waals surface area contributed by atoms with Gasteiger partial charge in [0.1, 0.15) is 18.5 Å². The average Bonchev–Trinajstić information content (AvgIpc) is 2.80. The Hall–Kier alpha value is -1.92. The van der Waals surface area contributed by atoms with Crippen LogP contribution in [0.1, 0.15) is 31.2 Å². The first-order valence-electron chi connectivity index (χ1n) is 11.8. The molecule has 3 aliphatic rings. The zero-order valence-electron chi connectivity index (χ0n) is 18.3. The lowest BCUT2D eigenvalue weighted by Gasteiger charge is -2.47. The van der Waals surface area contributed by atoms with E-state index in [0.717, 1.165) is 31.9 Å². The lowest BCUT2D eigenvalue weighted by Crippen LogP contribution is -2.61. The lowest BCUT2D eigenvalue weighted by atomic mass is 9.98. The molecule has 0 aliphatic carbocycles. The maximum Gasteiger partial charge on any atom is 0.120 e. The highest BCUT2D eigenvalue weighted by Crippen LogP contribution is 2.28. The van der Waals surface area contributed by atoms with Crippen LogP contribution < -0.4 is 4.74 Å². The number of aliphatic hydroxyl groups is 1. The second kappa shape index (κ2) is 9.70. The summed E-state index contributed by atoms with van der Waals surface area (Å²) in [5.41, 5.74) is 2.61. The number of rotatable bonds is 7. The van der Waals surface area contributed by atoms with Crippen LogP contribution >= 0.6 is 0 Å². The monoisotopic (exact) mass is 422 g/mol. The van der Waals surface area contributed by atoms with Crippen molar-refractivity contribution in [2.24, 2.45) is 0 Å². The van der Waals surface area contributed by atoms with Gasteiger partial charge in [-0.25, -0.2) is 0 Å². The summed E-state index contributed by atoms with van der Waals surface area (Å²) < 4.78 is 11.4. The molecule has 1 unspecified atom stereocenters. The van der Waals surface area contributed by atoms with E-state index in [2.05, 4.69) is 46.2 Å². The van der Waals surface area contributed by atoms with E-state index in [-0.39, 0.29) is 0 Å². The van der Waals surface area contributed by atoms with Crippen LogP contribution in [0.25, 0.3) is 16.3 Å². The Morgan fingerprint density at radius 2 is 1.87 bits per heavy atom. The molecule has 5 heteroatoms. The minimum absolute atomic E-state index is 0.332. The van der Waals surface area contributed by atoms with Crippen LogP contribution in [0, 0.1) is 0 Å². The highest BCUT2D eigenvalue weighted by molar-refractivity contribution is 5.87. The van der Waals surface area contributed by atoms with E-state index in [1.54, 1.807) is 0 Å². The molecule has 1 atom stereocenters. The van der Waals surface area contributed by atoms with Gasteiger partial charge in [0.2, 0.25) is 0 Å². The minimum Gasteiger partial charge on any atom is -0.491 e. The number of hydrogen-bond donors (Lipinski definition) is 1. The van der Waals surface area contributed by atoms with Crippen molar-refractivity contribution in [3.63, 3.8) is 0 Å². The summed E-state index contributed by atoms with van der Waals surface area (Å²) in [4.78, 5) is 4.98. The van der Waals surface area contributed by atoms with Crippen LogP contribution in [0.4, 0.5) is 0 Å². The van der Waals surface area contributed by atoms with Crippen molar-refractivity contribution in [3.8, 4) is 5.75 Å². The first-order valence-corrected chi connectivity index (χ1v) is 11.8. The van der Waals surface area contributed by atoms with Gasteiger partial charge in [0.05, 0.1) is 13.2 Å². The van der Waals surface area contributed by atoms with E-state index in [0.29, 0.717) is 25.8 Å². The molecule has 0 radical (unpaired) electrons. The molecule has 2 aromatic rings. The van der Waals surface area contributed by atoms with Gasteiger partial charge >= 0.3 is 0 Å². The Morgan fingerprint density at radius 3 is 2.68 bits per heavy atom. The fraction of sp³-hybridized carbons (Fsp3) is 0.538. The second-order valence-corrected chi connectivity index (χ2v) is 9.21.